The first-order chi connectivity index (χ1) is 12.0. The SMILES string of the molecule is Nc1c(NCc2ccc(Cl)cc2)ncnc1Nc1ccc(F)c(Cl)c1. The number of anilines is 4. The number of benzene rings is 2. The van der Waals surface area contributed by atoms with Crippen molar-refractivity contribution < 1.29 is 4.39 Å². The molecule has 0 radical (unpaired) electrons. The maximum Gasteiger partial charge on any atom is 0.159 e. The van der Waals surface area contributed by atoms with E-state index in [0.29, 0.717) is 34.6 Å². The van der Waals surface area contributed by atoms with Crippen LogP contribution in [0, 0.1) is 5.82 Å². The minimum absolute atomic E-state index is 0.0127. The van der Waals surface area contributed by atoms with Crippen molar-refractivity contribution in [1.29, 1.82) is 0 Å². The molecule has 0 bridgehead atoms. The Morgan fingerprint density at radius 2 is 1.72 bits per heavy atom. The van der Waals surface area contributed by atoms with Gasteiger partial charge in [0.1, 0.15) is 17.8 Å². The fourth-order valence-electron chi connectivity index (χ4n) is 2.13. The highest BCUT2D eigenvalue weighted by molar-refractivity contribution is 6.31. The van der Waals surface area contributed by atoms with Gasteiger partial charge in [-0.2, -0.15) is 0 Å². The second kappa shape index (κ2) is 7.55. The van der Waals surface area contributed by atoms with Crippen molar-refractivity contribution in [3.63, 3.8) is 0 Å². The number of aromatic nitrogens is 2. The van der Waals surface area contributed by atoms with Crippen LogP contribution in [0.4, 0.5) is 27.4 Å². The van der Waals surface area contributed by atoms with Gasteiger partial charge in [-0.25, -0.2) is 14.4 Å². The number of nitrogens with two attached hydrogens (primary N) is 1. The smallest absolute Gasteiger partial charge is 0.159 e. The predicted molar refractivity (Wildman–Crippen MR) is 99.9 cm³/mol. The molecule has 0 atom stereocenters. The maximum absolute atomic E-state index is 13.2. The van der Waals surface area contributed by atoms with Crippen LogP contribution < -0.4 is 16.4 Å². The molecule has 2 aromatic carbocycles. The lowest BCUT2D eigenvalue weighted by atomic mass is 10.2. The fourth-order valence-corrected chi connectivity index (χ4v) is 2.44. The molecule has 128 valence electrons. The highest BCUT2D eigenvalue weighted by Gasteiger charge is 2.09. The van der Waals surface area contributed by atoms with Crippen molar-refractivity contribution in [3.8, 4) is 0 Å². The number of nitrogens with one attached hydrogen (secondary N) is 2. The topological polar surface area (TPSA) is 75.9 Å². The molecule has 1 heterocycles. The van der Waals surface area contributed by atoms with E-state index < -0.39 is 5.82 Å². The number of nitrogen functional groups attached to an aromatic ring is 1. The van der Waals surface area contributed by atoms with Crippen LogP contribution in [0.25, 0.3) is 0 Å². The van der Waals surface area contributed by atoms with Gasteiger partial charge in [-0.1, -0.05) is 35.3 Å². The van der Waals surface area contributed by atoms with E-state index in [1.54, 1.807) is 6.07 Å². The van der Waals surface area contributed by atoms with Gasteiger partial charge in [0, 0.05) is 17.3 Å². The maximum atomic E-state index is 13.2. The van der Waals surface area contributed by atoms with E-state index in [2.05, 4.69) is 20.6 Å². The summed E-state index contributed by atoms with van der Waals surface area (Å²) in [6, 6.07) is 11.7. The van der Waals surface area contributed by atoms with Crippen molar-refractivity contribution in [2.45, 2.75) is 6.54 Å². The van der Waals surface area contributed by atoms with Crippen LogP contribution in [0.3, 0.4) is 0 Å². The molecular formula is C17H14Cl2FN5. The second-order valence-corrected chi connectivity index (χ2v) is 6.06. The standard InChI is InChI=1S/C17H14Cl2FN5/c18-11-3-1-10(2-4-11)8-22-16-15(21)17(24-9-23-16)25-12-5-6-14(20)13(19)7-12/h1-7,9H,8,21H2,(H2,22,23,24,25). The Bertz CT molecular complexity index is 887. The van der Waals surface area contributed by atoms with Gasteiger partial charge < -0.3 is 16.4 Å². The van der Waals surface area contributed by atoms with Crippen LogP contribution in [-0.4, -0.2) is 9.97 Å². The third-order valence-corrected chi connectivity index (χ3v) is 3.98. The largest absolute Gasteiger partial charge is 0.393 e. The van der Waals surface area contributed by atoms with E-state index in [1.165, 1.54) is 18.5 Å². The molecule has 0 amide bonds. The summed E-state index contributed by atoms with van der Waals surface area (Å²) in [4.78, 5) is 8.26. The van der Waals surface area contributed by atoms with Gasteiger partial charge in [0.2, 0.25) is 0 Å². The second-order valence-electron chi connectivity index (χ2n) is 5.22. The summed E-state index contributed by atoms with van der Waals surface area (Å²) in [6.07, 6.45) is 1.38. The van der Waals surface area contributed by atoms with Gasteiger partial charge in [0.25, 0.3) is 0 Å². The zero-order chi connectivity index (χ0) is 17.8. The summed E-state index contributed by atoms with van der Waals surface area (Å²) in [5.41, 5.74) is 8.05. The molecule has 4 N–H and O–H groups in total. The Morgan fingerprint density at radius 3 is 2.44 bits per heavy atom. The number of hydrogen-bond donors (Lipinski definition) is 3. The van der Waals surface area contributed by atoms with Crippen molar-refractivity contribution in [2.24, 2.45) is 0 Å². The third kappa shape index (κ3) is 4.29. The molecule has 0 aliphatic heterocycles. The minimum atomic E-state index is -0.492. The van der Waals surface area contributed by atoms with E-state index in [-0.39, 0.29) is 5.02 Å². The van der Waals surface area contributed by atoms with E-state index in [1.807, 2.05) is 24.3 Å². The molecule has 5 nitrogen and oxygen atoms in total. The zero-order valence-corrected chi connectivity index (χ0v) is 14.4. The highest BCUT2D eigenvalue weighted by atomic mass is 35.5. The molecule has 0 saturated heterocycles. The first-order valence-corrected chi connectivity index (χ1v) is 8.09. The molecule has 0 aliphatic rings. The summed E-state index contributed by atoms with van der Waals surface area (Å²) in [5, 5.41) is 6.84. The normalized spacial score (nSPS) is 10.5. The van der Waals surface area contributed by atoms with Crippen LogP contribution in [-0.2, 0) is 6.54 Å². The Hall–Kier alpha value is -2.57. The van der Waals surface area contributed by atoms with E-state index >= 15 is 0 Å². The Balaban J connectivity index is 1.75. The van der Waals surface area contributed by atoms with Crippen molar-refractivity contribution in [2.75, 3.05) is 16.4 Å². The minimum Gasteiger partial charge on any atom is -0.393 e. The van der Waals surface area contributed by atoms with Crippen LogP contribution in [0.1, 0.15) is 5.56 Å². The molecule has 3 aromatic rings. The molecule has 0 saturated carbocycles. The quantitative estimate of drug-likeness (QED) is 0.591. The molecule has 0 unspecified atom stereocenters. The highest BCUT2D eigenvalue weighted by Crippen LogP contribution is 2.28. The number of nitrogens with zero attached hydrogens (tertiary/aromatic N) is 2. The van der Waals surface area contributed by atoms with Gasteiger partial charge in [-0.05, 0) is 35.9 Å². The zero-order valence-electron chi connectivity index (χ0n) is 12.9. The van der Waals surface area contributed by atoms with Crippen molar-refractivity contribution in [3.05, 3.63) is 70.2 Å². The summed E-state index contributed by atoms with van der Waals surface area (Å²) in [5.74, 6) is 0.394. The number of hydrogen-bond acceptors (Lipinski definition) is 5. The van der Waals surface area contributed by atoms with E-state index in [9.17, 15) is 4.39 Å². The average molecular weight is 378 g/mol. The van der Waals surface area contributed by atoms with Crippen LogP contribution in [0.15, 0.2) is 48.8 Å². The van der Waals surface area contributed by atoms with Gasteiger partial charge in [0.05, 0.1) is 5.02 Å². The summed E-state index contributed by atoms with van der Waals surface area (Å²) >= 11 is 11.6. The Kier molecular flexibility index (Phi) is 5.21. The summed E-state index contributed by atoms with van der Waals surface area (Å²) in [7, 11) is 0. The molecule has 3 rings (SSSR count). The fraction of sp³-hybridized carbons (Fsp3) is 0.0588. The molecule has 1 aromatic heterocycles. The van der Waals surface area contributed by atoms with Gasteiger partial charge in [-0.15, -0.1) is 0 Å². The monoisotopic (exact) mass is 377 g/mol. The molecular weight excluding hydrogens is 364 g/mol. The van der Waals surface area contributed by atoms with Crippen LogP contribution in [0.2, 0.25) is 10.0 Å². The lowest BCUT2D eigenvalue weighted by Crippen LogP contribution is -2.08. The van der Waals surface area contributed by atoms with Gasteiger partial charge in [-0.3, -0.25) is 0 Å². The third-order valence-electron chi connectivity index (χ3n) is 3.44. The Labute approximate surface area is 154 Å². The van der Waals surface area contributed by atoms with Crippen molar-refractivity contribution >= 4 is 46.2 Å². The number of halogens is 3. The number of rotatable bonds is 5. The summed E-state index contributed by atoms with van der Waals surface area (Å²) < 4.78 is 13.2. The van der Waals surface area contributed by atoms with Gasteiger partial charge in [0.15, 0.2) is 11.6 Å². The predicted octanol–water partition coefficient (Wildman–Crippen LogP) is 4.86. The van der Waals surface area contributed by atoms with E-state index in [0.717, 1.165) is 5.56 Å². The van der Waals surface area contributed by atoms with Crippen molar-refractivity contribution in [1.82, 2.24) is 9.97 Å². The molecule has 25 heavy (non-hydrogen) atoms. The lowest BCUT2D eigenvalue weighted by Gasteiger charge is -2.13. The summed E-state index contributed by atoms with van der Waals surface area (Å²) in [6.45, 7) is 0.528. The van der Waals surface area contributed by atoms with Crippen LogP contribution in [0.5, 0.6) is 0 Å². The van der Waals surface area contributed by atoms with Gasteiger partial charge >= 0.3 is 0 Å². The average Bonchev–Trinajstić information content (AvgIpc) is 2.60. The van der Waals surface area contributed by atoms with Crippen LogP contribution >= 0.6 is 23.2 Å². The lowest BCUT2D eigenvalue weighted by molar-refractivity contribution is 0.628. The Morgan fingerprint density at radius 1 is 1.00 bits per heavy atom. The first-order valence-electron chi connectivity index (χ1n) is 7.34. The molecule has 0 aliphatic carbocycles. The first kappa shape index (κ1) is 17.3. The molecule has 8 heteroatoms. The van der Waals surface area contributed by atoms with E-state index in [4.69, 9.17) is 28.9 Å². The molecule has 0 fully saturated rings. The molecule has 0 spiro atoms.